The van der Waals surface area contributed by atoms with Gasteiger partial charge in [0.05, 0.1) is 6.61 Å². The molecule has 0 amide bonds. The lowest BCUT2D eigenvalue weighted by molar-refractivity contribution is -0.338. The Bertz CT molecular complexity index is 494. The van der Waals surface area contributed by atoms with Crippen LogP contribution in [0, 0.1) is 0 Å². The SMILES string of the molecule is CC1O[C@H]2O[C@@H]3CO[C@@H](c4ccccc4)O[C@H]3[C@H](O)[C@H]2O1. The van der Waals surface area contributed by atoms with Crippen molar-refractivity contribution >= 4 is 0 Å². The van der Waals surface area contributed by atoms with Gasteiger partial charge in [-0.05, 0) is 6.92 Å². The van der Waals surface area contributed by atoms with Crippen molar-refractivity contribution in [2.45, 2.75) is 50.2 Å². The summed E-state index contributed by atoms with van der Waals surface area (Å²) in [6.45, 7) is 2.13. The monoisotopic (exact) mass is 294 g/mol. The Kier molecular flexibility index (Phi) is 3.45. The largest absolute Gasteiger partial charge is 0.387 e. The van der Waals surface area contributed by atoms with Gasteiger partial charge >= 0.3 is 0 Å². The number of rotatable bonds is 1. The van der Waals surface area contributed by atoms with Gasteiger partial charge in [-0.3, -0.25) is 0 Å². The minimum Gasteiger partial charge on any atom is -0.387 e. The minimum atomic E-state index is -0.797. The highest BCUT2D eigenvalue weighted by atomic mass is 16.8. The van der Waals surface area contributed by atoms with Crippen molar-refractivity contribution in [2.75, 3.05) is 6.61 Å². The Labute approximate surface area is 122 Å². The third kappa shape index (κ3) is 2.38. The topological polar surface area (TPSA) is 66.4 Å². The van der Waals surface area contributed by atoms with Crippen LogP contribution in [0.3, 0.4) is 0 Å². The van der Waals surface area contributed by atoms with Crippen molar-refractivity contribution in [3.05, 3.63) is 35.9 Å². The van der Waals surface area contributed by atoms with Gasteiger partial charge in [0.15, 0.2) is 18.9 Å². The summed E-state index contributed by atoms with van der Waals surface area (Å²) < 4.78 is 28.4. The van der Waals surface area contributed by atoms with Crippen LogP contribution in [0.15, 0.2) is 30.3 Å². The standard InChI is InChI=1S/C15H18O6/c1-8-18-13-11(16)12-10(20-15(13)19-8)7-17-14(21-12)9-5-3-2-4-6-9/h2-6,8,10-16H,7H2,1H3/t8?,10-,11+,12-,13-,14-,15+/m1/s1. The molecule has 0 saturated carbocycles. The van der Waals surface area contributed by atoms with E-state index in [0.717, 1.165) is 5.56 Å². The first-order chi connectivity index (χ1) is 10.2. The second kappa shape index (κ2) is 5.31. The van der Waals surface area contributed by atoms with E-state index in [4.69, 9.17) is 23.7 Å². The zero-order valence-electron chi connectivity index (χ0n) is 11.6. The van der Waals surface area contributed by atoms with Crippen LogP contribution in [-0.2, 0) is 23.7 Å². The third-order valence-corrected chi connectivity index (χ3v) is 4.06. The molecule has 21 heavy (non-hydrogen) atoms. The fourth-order valence-electron chi connectivity index (χ4n) is 3.04. The zero-order chi connectivity index (χ0) is 14.4. The summed E-state index contributed by atoms with van der Waals surface area (Å²) in [6, 6.07) is 9.65. The number of hydrogen-bond acceptors (Lipinski definition) is 6. The summed E-state index contributed by atoms with van der Waals surface area (Å²) >= 11 is 0. The Hall–Kier alpha value is -1.02. The number of aliphatic hydroxyl groups excluding tert-OH is 1. The molecule has 0 aliphatic carbocycles. The first-order valence-corrected chi connectivity index (χ1v) is 7.19. The molecule has 1 aromatic carbocycles. The van der Waals surface area contributed by atoms with E-state index < -0.39 is 30.9 Å². The predicted octanol–water partition coefficient (Wildman–Crippen LogP) is 0.948. The average molecular weight is 294 g/mol. The van der Waals surface area contributed by atoms with Crippen LogP contribution in [0.5, 0.6) is 0 Å². The molecule has 0 aromatic heterocycles. The third-order valence-electron chi connectivity index (χ3n) is 4.06. The van der Waals surface area contributed by atoms with Crippen LogP contribution >= 0.6 is 0 Å². The summed E-state index contributed by atoms with van der Waals surface area (Å²) in [5, 5.41) is 10.5. The van der Waals surface area contributed by atoms with E-state index in [1.165, 1.54) is 0 Å². The average Bonchev–Trinajstić information content (AvgIpc) is 2.89. The van der Waals surface area contributed by atoms with E-state index in [1.54, 1.807) is 6.92 Å². The van der Waals surface area contributed by atoms with Crippen LogP contribution < -0.4 is 0 Å². The van der Waals surface area contributed by atoms with Gasteiger partial charge in [0, 0.05) is 5.56 Å². The fraction of sp³-hybridized carbons (Fsp3) is 0.600. The molecule has 1 unspecified atom stereocenters. The fourth-order valence-corrected chi connectivity index (χ4v) is 3.04. The molecule has 4 rings (SSSR count). The Balaban J connectivity index is 1.52. The molecule has 0 spiro atoms. The summed E-state index contributed by atoms with van der Waals surface area (Å²) in [7, 11) is 0. The van der Waals surface area contributed by atoms with Crippen LogP contribution in [-0.4, -0.2) is 48.7 Å². The van der Waals surface area contributed by atoms with Gasteiger partial charge in [-0.15, -0.1) is 0 Å². The molecule has 3 fully saturated rings. The number of aliphatic hydroxyl groups is 1. The number of hydrogen-bond donors (Lipinski definition) is 1. The second-order valence-electron chi connectivity index (χ2n) is 5.51. The minimum absolute atomic E-state index is 0.349. The lowest BCUT2D eigenvalue weighted by atomic mass is 9.98. The molecule has 7 atom stereocenters. The molecule has 114 valence electrons. The van der Waals surface area contributed by atoms with E-state index in [9.17, 15) is 5.11 Å². The van der Waals surface area contributed by atoms with Crippen LogP contribution in [0.25, 0.3) is 0 Å². The van der Waals surface area contributed by atoms with Gasteiger partial charge in [-0.1, -0.05) is 30.3 Å². The smallest absolute Gasteiger partial charge is 0.190 e. The second-order valence-corrected chi connectivity index (χ2v) is 5.51. The van der Waals surface area contributed by atoms with Gasteiger partial charge in [0.2, 0.25) is 0 Å². The molecule has 1 aromatic rings. The highest BCUT2D eigenvalue weighted by molar-refractivity contribution is 5.16. The van der Waals surface area contributed by atoms with E-state index >= 15 is 0 Å². The molecule has 6 nitrogen and oxygen atoms in total. The molecule has 3 aliphatic heterocycles. The maximum Gasteiger partial charge on any atom is 0.190 e. The van der Waals surface area contributed by atoms with Crippen molar-refractivity contribution in [2.24, 2.45) is 0 Å². The van der Waals surface area contributed by atoms with Crippen molar-refractivity contribution in [3.8, 4) is 0 Å². The highest BCUT2D eigenvalue weighted by Gasteiger charge is 2.53. The van der Waals surface area contributed by atoms with Gasteiger partial charge in [-0.2, -0.15) is 0 Å². The Morgan fingerprint density at radius 3 is 2.62 bits per heavy atom. The normalized spacial score (nSPS) is 45.9. The quantitative estimate of drug-likeness (QED) is 0.832. The van der Waals surface area contributed by atoms with Gasteiger partial charge in [-0.25, -0.2) is 0 Å². The van der Waals surface area contributed by atoms with Crippen LogP contribution in [0.4, 0.5) is 0 Å². The molecular formula is C15H18O6. The van der Waals surface area contributed by atoms with Crippen molar-refractivity contribution in [1.82, 2.24) is 0 Å². The molecule has 1 N–H and O–H groups in total. The molecule has 3 aliphatic rings. The van der Waals surface area contributed by atoms with E-state index in [0.29, 0.717) is 6.61 Å². The van der Waals surface area contributed by atoms with Crippen LogP contribution in [0.1, 0.15) is 18.8 Å². The summed E-state index contributed by atoms with van der Waals surface area (Å²) in [5.74, 6) is 0. The number of benzene rings is 1. The van der Waals surface area contributed by atoms with E-state index in [2.05, 4.69) is 0 Å². The lowest BCUT2D eigenvalue weighted by Crippen LogP contribution is -2.60. The van der Waals surface area contributed by atoms with Crippen molar-refractivity contribution < 1.29 is 28.8 Å². The highest BCUT2D eigenvalue weighted by Crippen LogP contribution is 2.37. The van der Waals surface area contributed by atoms with Crippen molar-refractivity contribution in [3.63, 3.8) is 0 Å². The van der Waals surface area contributed by atoms with Crippen molar-refractivity contribution in [1.29, 1.82) is 0 Å². The molecule has 6 heteroatoms. The maximum absolute atomic E-state index is 10.5. The molecule has 0 bridgehead atoms. The van der Waals surface area contributed by atoms with E-state index in [-0.39, 0.29) is 12.4 Å². The summed E-state index contributed by atoms with van der Waals surface area (Å²) in [5.41, 5.74) is 0.919. The maximum atomic E-state index is 10.5. The van der Waals surface area contributed by atoms with Crippen LogP contribution in [0.2, 0.25) is 0 Å². The molecule has 3 saturated heterocycles. The lowest BCUT2D eigenvalue weighted by Gasteiger charge is -2.44. The molecule has 3 heterocycles. The molecular weight excluding hydrogens is 276 g/mol. The Morgan fingerprint density at radius 1 is 1.00 bits per heavy atom. The number of fused-ring (bicyclic) bond motifs is 2. The summed E-state index contributed by atoms with van der Waals surface area (Å²) in [6.07, 6.45) is -3.60. The van der Waals surface area contributed by atoms with Gasteiger partial charge < -0.3 is 28.8 Å². The Morgan fingerprint density at radius 2 is 1.81 bits per heavy atom. The molecule has 0 radical (unpaired) electrons. The zero-order valence-corrected chi connectivity index (χ0v) is 11.6. The first-order valence-electron chi connectivity index (χ1n) is 7.19. The summed E-state index contributed by atoms with van der Waals surface area (Å²) in [4.78, 5) is 0. The number of ether oxygens (including phenoxy) is 5. The first kappa shape index (κ1) is 13.6. The predicted molar refractivity (Wildman–Crippen MR) is 70.1 cm³/mol. The van der Waals surface area contributed by atoms with Gasteiger partial charge in [0.25, 0.3) is 0 Å². The van der Waals surface area contributed by atoms with Gasteiger partial charge in [0.1, 0.15) is 24.4 Å². The van der Waals surface area contributed by atoms with E-state index in [1.807, 2.05) is 30.3 Å².